The number of aromatic nitrogens is 1. The summed E-state index contributed by atoms with van der Waals surface area (Å²) in [7, 11) is 1.89. The molecule has 0 radical (unpaired) electrons. The van der Waals surface area contributed by atoms with Gasteiger partial charge in [-0.05, 0) is 18.6 Å². The average molecular weight is 238 g/mol. The Bertz CT molecular complexity index is 305. The molecular formula is C13H22N2O2. The Hall–Kier alpha value is -1.13. The van der Waals surface area contributed by atoms with Crippen LogP contribution in [-0.4, -0.2) is 31.9 Å². The van der Waals surface area contributed by atoms with Gasteiger partial charge in [0.25, 0.3) is 0 Å². The molecule has 0 unspecified atom stereocenters. The number of nitrogens with zero attached hydrogens (tertiary/aromatic N) is 1. The van der Waals surface area contributed by atoms with Crippen molar-refractivity contribution in [1.29, 1.82) is 0 Å². The second kappa shape index (κ2) is 8.96. The maximum Gasteiger partial charge on any atom is 0.0889 e. The van der Waals surface area contributed by atoms with Crippen molar-refractivity contribution in [3.05, 3.63) is 24.0 Å². The molecule has 96 valence electrons. The van der Waals surface area contributed by atoms with E-state index in [2.05, 4.69) is 17.2 Å². The van der Waals surface area contributed by atoms with Crippen LogP contribution in [0.15, 0.2) is 18.3 Å². The molecule has 1 rings (SSSR count). The van der Waals surface area contributed by atoms with Crippen LogP contribution in [0.3, 0.4) is 0 Å². The Labute approximate surface area is 103 Å². The molecule has 0 amide bonds. The first kappa shape index (κ1) is 13.9. The van der Waals surface area contributed by atoms with Crippen LogP contribution in [0, 0.1) is 0 Å². The Morgan fingerprint density at radius 1 is 1.24 bits per heavy atom. The highest BCUT2D eigenvalue weighted by Crippen LogP contribution is 2.07. The first-order chi connectivity index (χ1) is 8.36. The number of anilines is 1. The molecule has 0 fully saturated rings. The van der Waals surface area contributed by atoms with Crippen molar-refractivity contribution in [3.63, 3.8) is 0 Å². The van der Waals surface area contributed by atoms with Crippen LogP contribution in [0.4, 0.5) is 5.69 Å². The molecule has 0 aliphatic heterocycles. The van der Waals surface area contributed by atoms with Gasteiger partial charge in [0.2, 0.25) is 0 Å². The maximum absolute atomic E-state index is 5.48. The van der Waals surface area contributed by atoms with E-state index in [0.29, 0.717) is 19.8 Å². The number of nitrogens with one attached hydrogen (secondary N) is 1. The summed E-state index contributed by atoms with van der Waals surface area (Å²) in [6, 6.07) is 3.91. The third kappa shape index (κ3) is 6.24. The molecule has 0 aliphatic rings. The van der Waals surface area contributed by atoms with Gasteiger partial charge >= 0.3 is 0 Å². The van der Waals surface area contributed by atoms with E-state index in [0.717, 1.165) is 24.4 Å². The van der Waals surface area contributed by atoms with Crippen LogP contribution >= 0.6 is 0 Å². The van der Waals surface area contributed by atoms with Gasteiger partial charge in [-0.2, -0.15) is 0 Å². The van der Waals surface area contributed by atoms with Gasteiger partial charge in [0.15, 0.2) is 0 Å². The quantitative estimate of drug-likeness (QED) is 0.671. The predicted molar refractivity (Wildman–Crippen MR) is 69.2 cm³/mol. The highest BCUT2D eigenvalue weighted by atomic mass is 16.5. The average Bonchev–Trinajstić information content (AvgIpc) is 2.38. The van der Waals surface area contributed by atoms with Gasteiger partial charge in [0, 0.05) is 25.5 Å². The molecule has 4 heteroatoms. The fraction of sp³-hybridized carbons (Fsp3) is 0.615. The van der Waals surface area contributed by atoms with Gasteiger partial charge in [-0.1, -0.05) is 13.3 Å². The zero-order valence-corrected chi connectivity index (χ0v) is 10.7. The van der Waals surface area contributed by atoms with Crippen molar-refractivity contribution < 1.29 is 9.47 Å². The fourth-order valence-corrected chi connectivity index (χ4v) is 1.36. The van der Waals surface area contributed by atoms with Crippen LogP contribution in [0.2, 0.25) is 0 Å². The normalized spacial score (nSPS) is 10.5. The SMILES string of the molecule is CCCCOCCOCc1cc(NC)ccn1. The van der Waals surface area contributed by atoms with Gasteiger partial charge < -0.3 is 14.8 Å². The molecule has 0 saturated carbocycles. The van der Waals surface area contributed by atoms with Crippen LogP contribution in [0.1, 0.15) is 25.5 Å². The predicted octanol–water partition coefficient (Wildman–Crippen LogP) is 2.46. The minimum Gasteiger partial charge on any atom is -0.388 e. The van der Waals surface area contributed by atoms with Crippen LogP contribution < -0.4 is 5.32 Å². The van der Waals surface area contributed by atoms with E-state index in [1.807, 2.05) is 19.2 Å². The van der Waals surface area contributed by atoms with Crippen molar-refractivity contribution in [2.24, 2.45) is 0 Å². The first-order valence-electron chi connectivity index (χ1n) is 6.15. The largest absolute Gasteiger partial charge is 0.388 e. The highest BCUT2D eigenvalue weighted by molar-refractivity contribution is 5.42. The Morgan fingerprint density at radius 2 is 2.06 bits per heavy atom. The van der Waals surface area contributed by atoms with E-state index in [4.69, 9.17) is 9.47 Å². The lowest BCUT2D eigenvalue weighted by Gasteiger charge is -2.06. The number of hydrogen-bond donors (Lipinski definition) is 1. The second-order valence-corrected chi connectivity index (χ2v) is 3.80. The Balaban J connectivity index is 2.09. The number of hydrogen-bond acceptors (Lipinski definition) is 4. The van der Waals surface area contributed by atoms with E-state index in [1.165, 1.54) is 6.42 Å². The lowest BCUT2D eigenvalue weighted by molar-refractivity contribution is 0.0386. The topological polar surface area (TPSA) is 43.4 Å². The molecular weight excluding hydrogens is 216 g/mol. The lowest BCUT2D eigenvalue weighted by Crippen LogP contribution is -2.06. The Morgan fingerprint density at radius 3 is 2.82 bits per heavy atom. The van der Waals surface area contributed by atoms with Gasteiger partial charge in [-0.3, -0.25) is 4.98 Å². The van der Waals surface area contributed by atoms with E-state index in [-0.39, 0.29) is 0 Å². The summed E-state index contributed by atoms with van der Waals surface area (Å²) in [5.41, 5.74) is 1.99. The van der Waals surface area contributed by atoms with Crippen LogP contribution in [0.5, 0.6) is 0 Å². The van der Waals surface area contributed by atoms with Crippen LogP contribution in [-0.2, 0) is 16.1 Å². The minimum absolute atomic E-state index is 0.534. The molecule has 0 saturated heterocycles. The summed E-state index contributed by atoms with van der Waals surface area (Å²) < 4.78 is 10.9. The molecule has 0 bridgehead atoms. The van der Waals surface area contributed by atoms with Crippen molar-refractivity contribution in [2.45, 2.75) is 26.4 Å². The molecule has 0 atom stereocenters. The molecule has 0 aromatic carbocycles. The van der Waals surface area contributed by atoms with Crippen molar-refractivity contribution in [3.8, 4) is 0 Å². The molecule has 17 heavy (non-hydrogen) atoms. The Kier molecular flexibility index (Phi) is 7.34. The van der Waals surface area contributed by atoms with E-state index in [9.17, 15) is 0 Å². The molecule has 4 nitrogen and oxygen atoms in total. The minimum atomic E-state index is 0.534. The van der Waals surface area contributed by atoms with Crippen molar-refractivity contribution >= 4 is 5.69 Å². The number of rotatable bonds is 9. The van der Waals surface area contributed by atoms with Gasteiger partial charge in [-0.25, -0.2) is 0 Å². The number of pyridine rings is 1. The zero-order chi connectivity index (χ0) is 12.3. The van der Waals surface area contributed by atoms with Gasteiger partial charge in [0.05, 0.1) is 25.5 Å². The highest BCUT2D eigenvalue weighted by Gasteiger charge is 1.96. The number of unbranched alkanes of at least 4 members (excludes halogenated alkanes) is 1. The fourth-order valence-electron chi connectivity index (χ4n) is 1.36. The standard InChI is InChI=1S/C13H22N2O2/c1-3-4-7-16-8-9-17-11-13-10-12(14-2)5-6-15-13/h5-6,10H,3-4,7-9,11H2,1-2H3,(H,14,15). The molecule has 1 N–H and O–H groups in total. The summed E-state index contributed by atoms with van der Waals surface area (Å²) in [6.07, 6.45) is 4.07. The monoisotopic (exact) mass is 238 g/mol. The molecule has 1 heterocycles. The van der Waals surface area contributed by atoms with Gasteiger partial charge in [-0.15, -0.1) is 0 Å². The summed E-state index contributed by atoms with van der Waals surface area (Å²) in [5.74, 6) is 0. The maximum atomic E-state index is 5.48. The van der Waals surface area contributed by atoms with E-state index in [1.54, 1.807) is 6.20 Å². The number of ether oxygens (including phenoxy) is 2. The summed E-state index contributed by atoms with van der Waals surface area (Å²) in [5, 5.41) is 3.07. The summed E-state index contributed by atoms with van der Waals surface area (Å²) in [4.78, 5) is 4.23. The van der Waals surface area contributed by atoms with E-state index >= 15 is 0 Å². The third-order valence-electron chi connectivity index (χ3n) is 2.37. The molecule has 1 aromatic heterocycles. The first-order valence-corrected chi connectivity index (χ1v) is 6.15. The smallest absolute Gasteiger partial charge is 0.0889 e. The summed E-state index contributed by atoms with van der Waals surface area (Å²) in [6.45, 7) is 4.79. The lowest BCUT2D eigenvalue weighted by atomic mass is 10.3. The molecule has 0 spiro atoms. The van der Waals surface area contributed by atoms with Crippen LogP contribution in [0.25, 0.3) is 0 Å². The molecule has 1 aromatic rings. The molecule has 0 aliphatic carbocycles. The van der Waals surface area contributed by atoms with Crippen molar-refractivity contribution in [1.82, 2.24) is 4.98 Å². The van der Waals surface area contributed by atoms with E-state index < -0.39 is 0 Å². The summed E-state index contributed by atoms with van der Waals surface area (Å²) >= 11 is 0. The van der Waals surface area contributed by atoms with Gasteiger partial charge in [0.1, 0.15) is 0 Å². The second-order valence-electron chi connectivity index (χ2n) is 3.80. The third-order valence-corrected chi connectivity index (χ3v) is 2.37. The van der Waals surface area contributed by atoms with Crippen molar-refractivity contribution in [2.75, 3.05) is 32.2 Å². The zero-order valence-electron chi connectivity index (χ0n) is 10.7.